The summed E-state index contributed by atoms with van der Waals surface area (Å²) in [5, 5.41) is 9.95. The lowest BCUT2D eigenvalue weighted by atomic mass is 10.1. The van der Waals surface area contributed by atoms with Crippen molar-refractivity contribution >= 4 is 11.8 Å². The van der Waals surface area contributed by atoms with E-state index in [1.54, 1.807) is 24.3 Å². The van der Waals surface area contributed by atoms with E-state index in [4.69, 9.17) is 4.74 Å². The Kier molecular flexibility index (Phi) is 6.09. The SMILES string of the molecule is CCOc1ccc(CC(=O)N2CC(F)(F)CC2Cn2cc(C(=O)NC)nn2)cc1. The molecule has 29 heavy (non-hydrogen) atoms. The molecule has 1 N–H and O–H groups in total. The van der Waals surface area contributed by atoms with Crippen molar-refractivity contribution in [2.75, 3.05) is 20.2 Å². The number of carbonyl (C=O) groups is 2. The number of rotatable bonds is 7. The molecule has 156 valence electrons. The van der Waals surface area contributed by atoms with E-state index in [1.807, 2.05) is 6.92 Å². The molecule has 8 nitrogen and oxygen atoms in total. The summed E-state index contributed by atoms with van der Waals surface area (Å²) in [7, 11) is 1.46. The fraction of sp³-hybridized carbons (Fsp3) is 0.474. The molecule has 1 aromatic heterocycles. The molecule has 2 heterocycles. The summed E-state index contributed by atoms with van der Waals surface area (Å²) in [6, 6.07) is 6.26. The summed E-state index contributed by atoms with van der Waals surface area (Å²) < 4.78 is 34.8. The Morgan fingerprint density at radius 3 is 2.69 bits per heavy atom. The fourth-order valence-corrected chi connectivity index (χ4v) is 3.33. The molecule has 0 spiro atoms. The van der Waals surface area contributed by atoms with Crippen LogP contribution in [0.3, 0.4) is 0 Å². The normalized spacial score (nSPS) is 17.9. The van der Waals surface area contributed by atoms with Crippen molar-refractivity contribution in [3.8, 4) is 5.75 Å². The molecule has 10 heteroatoms. The summed E-state index contributed by atoms with van der Waals surface area (Å²) in [4.78, 5) is 25.5. The number of nitrogens with one attached hydrogen (secondary N) is 1. The van der Waals surface area contributed by atoms with Gasteiger partial charge in [0.25, 0.3) is 11.8 Å². The molecule has 3 rings (SSSR count). The largest absolute Gasteiger partial charge is 0.494 e. The number of benzene rings is 1. The van der Waals surface area contributed by atoms with Crippen molar-refractivity contribution < 1.29 is 23.1 Å². The number of hydrogen-bond acceptors (Lipinski definition) is 5. The number of halogens is 2. The Morgan fingerprint density at radius 2 is 2.03 bits per heavy atom. The first-order chi connectivity index (χ1) is 13.8. The zero-order valence-electron chi connectivity index (χ0n) is 16.3. The van der Waals surface area contributed by atoms with Crippen LogP contribution in [0.1, 0.15) is 29.4 Å². The van der Waals surface area contributed by atoms with E-state index in [9.17, 15) is 18.4 Å². The second-order valence-corrected chi connectivity index (χ2v) is 6.89. The Labute approximate surface area is 166 Å². The molecule has 0 bridgehead atoms. The number of amides is 2. The molecule has 1 saturated heterocycles. The average molecular weight is 407 g/mol. The van der Waals surface area contributed by atoms with Crippen LogP contribution in [0.5, 0.6) is 5.75 Å². The monoisotopic (exact) mass is 407 g/mol. The zero-order chi connectivity index (χ0) is 21.0. The van der Waals surface area contributed by atoms with Crippen molar-refractivity contribution in [1.29, 1.82) is 0 Å². The molecular formula is C19H23F2N5O3. The zero-order valence-corrected chi connectivity index (χ0v) is 16.3. The van der Waals surface area contributed by atoms with Gasteiger partial charge in [-0.15, -0.1) is 5.10 Å². The molecule has 1 aromatic carbocycles. The van der Waals surface area contributed by atoms with E-state index in [0.29, 0.717) is 12.4 Å². The number of nitrogens with zero attached hydrogens (tertiary/aromatic N) is 4. The van der Waals surface area contributed by atoms with Gasteiger partial charge in [-0.2, -0.15) is 0 Å². The minimum atomic E-state index is -2.97. The summed E-state index contributed by atoms with van der Waals surface area (Å²) in [6.45, 7) is 1.81. The molecule has 0 saturated carbocycles. The van der Waals surface area contributed by atoms with Gasteiger partial charge in [0.05, 0.1) is 38.4 Å². The van der Waals surface area contributed by atoms with Gasteiger partial charge >= 0.3 is 0 Å². The van der Waals surface area contributed by atoms with Crippen LogP contribution in [-0.2, 0) is 17.8 Å². The molecule has 2 amide bonds. The Hall–Kier alpha value is -3.04. The molecule has 1 atom stereocenters. The van der Waals surface area contributed by atoms with Gasteiger partial charge in [0.15, 0.2) is 5.69 Å². The summed E-state index contributed by atoms with van der Waals surface area (Å²) in [6.07, 6.45) is 0.932. The topological polar surface area (TPSA) is 89.4 Å². The standard InChI is InChI=1S/C19H23F2N5O3/c1-3-29-15-6-4-13(5-7-15)8-17(27)26-12-19(20,21)9-14(26)10-25-11-16(23-24-25)18(28)22-2/h4-7,11,14H,3,8-10,12H2,1-2H3,(H,22,28). The summed E-state index contributed by atoms with van der Waals surface area (Å²) in [5.41, 5.74) is 0.805. The lowest BCUT2D eigenvalue weighted by Gasteiger charge is -2.24. The van der Waals surface area contributed by atoms with Gasteiger partial charge in [0, 0.05) is 13.5 Å². The van der Waals surface area contributed by atoms with E-state index in [-0.39, 0.29) is 24.6 Å². The second kappa shape index (κ2) is 8.54. The number of likely N-dealkylation sites (tertiary alicyclic amines) is 1. The van der Waals surface area contributed by atoms with Crippen molar-refractivity contribution in [2.24, 2.45) is 0 Å². The van der Waals surface area contributed by atoms with Crippen LogP contribution in [0.4, 0.5) is 8.78 Å². The lowest BCUT2D eigenvalue weighted by Crippen LogP contribution is -2.39. The molecular weight excluding hydrogens is 384 g/mol. The van der Waals surface area contributed by atoms with Crippen LogP contribution in [0, 0.1) is 0 Å². The van der Waals surface area contributed by atoms with Crippen molar-refractivity contribution in [1.82, 2.24) is 25.2 Å². The number of carbonyl (C=O) groups excluding carboxylic acids is 2. The maximum Gasteiger partial charge on any atom is 0.273 e. The first-order valence-electron chi connectivity index (χ1n) is 9.32. The fourth-order valence-electron chi connectivity index (χ4n) is 3.33. The van der Waals surface area contributed by atoms with E-state index < -0.39 is 30.8 Å². The van der Waals surface area contributed by atoms with Gasteiger partial charge in [-0.25, -0.2) is 13.5 Å². The molecule has 0 radical (unpaired) electrons. The highest BCUT2D eigenvalue weighted by molar-refractivity contribution is 5.91. The number of aromatic nitrogens is 3. The van der Waals surface area contributed by atoms with E-state index in [0.717, 1.165) is 5.56 Å². The van der Waals surface area contributed by atoms with Gasteiger partial charge in [-0.05, 0) is 24.6 Å². The third kappa shape index (κ3) is 5.07. The minimum absolute atomic E-state index is 0.0137. The molecule has 2 aromatic rings. The quantitative estimate of drug-likeness (QED) is 0.752. The Bertz CT molecular complexity index is 869. The van der Waals surface area contributed by atoms with Crippen molar-refractivity contribution in [2.45, 2.75) is 38.3 Å². The van der Waals surface area contributed by atoms with Crippen molar-refractivity contribution in [3.63, 3.8) is 0 Å². The summed E-state index contributed by atoms with van der Waals surface area (Å²) >= 11 is 0. The Morgan fingerprint density at radius 1 is 1.31 bits per heavy atom. The third-order valence-corrected chi connectivity index (χ3v) is 4.68. The van der Waals surface area contributed by atoms with Crippen molar-refractivity contribution in [3.05, 3.63) is 41.7 Å². The highest BCUT2D eigenvalue weighted by Gasteiger charge is 2.47. The second-order valence-electron chi connectivity index (χ2n) is 6.89. The van der Waals surface area contributed by atoms with Gasteiger partial charge < -0.3 is 15.0 Å². The maximum absolute atomic E-state index is 14.1. The van der Waals surface area contributed by atoms with Gasteiger partial charge in [-0.1, -0.05) is 17.3 Å². The lowest BCUT2D eigenvalue weighted by molar-refractivity contribution is -0.132. The first-order valence-corrected chi connectivity index (χ1v) is 9.32. The van der Waals surface area contributed by atoms with Crippen LogP contribution in [0.15, 0.2) is 30.5 Å². The van der Waals surface area contributed by atoms with Gasteiger partial charge in [0.1, 0.15) is 5.75 Å². The number of hydrogen-bond donors (Lipinski definition) is 1. The van der Waals surface area contributed by atoms with Crippen LogP contribution < -0.4 is 10.1 Å². The van der Waals surface area contributed by atoms with E-state index in [1.165, 1.54) is 22.8 Å². The average Bonchev–Trinajstić information content (AvgIpc) is 3.27. The minimum Gasteiger partial charge on any atom is -0.494 e. The van der Waals surface area contributed by atoms with Gasteiger partial charge in [-0.3, -0.25) is 9.59 Å². The van der Waals surface area contributed by atoms with Crippen LogP contribution >= 0.6 is 0 Å². The predicted molar refractivity (Wildman–Crippen MR) is 99.8 cm³/mol. The highest BCUT2D eigenvalue weighted by Crippen LogP contribution is 2.33. The smallest absolute Gasteiger partial charge is 0.273 e. The molecule has 0 aliphatic carbocycles. The van der Waals surface area contributed by atoms with Crippen LogP contribution in [0.2, 0.25) is 0 Å². The maximum atomic E-state index is 14.1. The summed E-state index contributed by atoms with van der Waals surface area (Å²) in [5.74, 6) is -3.09. The first kappa shape index (κ1) is 20.7. The molecule has 1 fully saturated rings. The molecule has 1 unspecified atom stereocenters. The van der Waals surface area contributed by atoms with Gasteiger partial charge in [0.2, 0.25) is 5.91 Å². The van der Waals surface area contributed by atoms with E-state index >= 15 is 0 Å². The highest BCUT2D eigenvalue weighted by atomic mass is 19.3. The van der Waals surface area contributed by atoms with Crippen LogP contribution in [-0.4, -0.2) is 63.9 Å². The number of ether oxygens (including phenoxy) is 1. The predicted octanol–water partition coefficient (Wildman–Crippen LogP) is 1.52. The Balaban J connectivity index is 1.69. The molecule has 1 aliphatic rings. The third-order valence-electron chi connectivity index (χ3n) is 4.68. The molecule has 1 aliphatic heterocycles. The number of alkyl halides is 2. The van der Waals surface area contributed by atoms with E-state index in [2.05, 4.69) is 15.6 Å². The van der Waals surface area contributed by atoms with Crippen LogP contribution in [0.25, 0.3) is 0 Å².